The van der Waals surface area contributed by atoms with Crippen LogP contribution >= 0.6 is 23.2 Å². The highest BCUT2D eigenvalue weighted by molar-refractivity contribution is 6.36. The molecule has 0 bridgehead atoms. The molecule has 4 heteroatoms. The zero-order valence-corrected chi connectivity index (χ0v) is 12.1. The molecule has 1 aliphatic heterocycles. The Balaban J connectivity index is 2.20. The smallest absolute Gasteiger partial charge is 0.244 e. The molecule has 1 aromatic carbocycles. The van der Waals surface area contributed by atoms with E-state index in [2.05, 4.69) is 0 Å². The number of carbonyl (C=O) groups is 1. The van der Waals surface area contributed by atoms with Gasteiger partial charge in [-0.05, 0) is 12.5 Å². The Bertz CT molecular complexity index is 446. The lowest BCUT2D eigenvalue weighted by Crippen LogP contribution is -2.42. The lowest BCUT2D eigenvalue weighted by molar-refractivity contribution is -0.130. The molecule has 1 aliphatic rings. The van der Waals surface area contributed by atoms with Gasteiger partial charge in [0, 0.05) is 24.4 Å². The average Bonchev–Trinajstić information content (AvgIpc) is 2.53. The minimum atomic E-state index is -0.913. The summed E-state index contributed by atoms with van der Waals surface area (Å²) in [7, 11) is 0. The number of rotatable bonds is 3. The fourth-order valence-electron chi connectivity index (χ4n) is 2.30. The number of likely N-dealkylation sites (tertiary alicyclic amines) is 1. The zero-order valence-electron chi connectivity index (χ0n) is 10.6. The van der Waals surface area contributed by atoms with Crippen LogP contribution in [0.4, 0.5) is 0 Å². The Morgan fingerprint density at radius 3 is 2.39 bits per heavy atom. The third-order valence-corrected chi connectivity index (χ3v) is 5.08. The summed E-state index contributed by atoms with van der Waals surface area (Å²) in [5, 5.41) is 0. The number of halogens is 2. The van der Waals surface area contributed by atoms with E-state index >= 15 is 0 Å². The van der Waals surface area contributed by atoms with Crippen LogP contribution in [0.2, 0.25) is 0 Å². The molecule has 0 aromatic heterocycles. The second-order valence-electron chi connectivity index (χ2n) is 5.34. The van der Waals surface area contributed by atoms with E-state index in [4.69, 9.17) is 23.2 Å². The van der Waals surface area contributed by atoms with Crippen LogP contribution in [0.25, 0.3) is 0 Å². The molecule has 0 N–H and O–H groups in total. The van der Waals surface area contributed by atoms with Gasteiger partial charge in [0.15, 0.2) is 0 Å². The van der Waals surface area contributed by atoms with Crippen LogP contribution in [0.5, 0.6) is 0 Å². The lowest BCUT2D eigenvalue weighted by Gasteiger charge is -2.30. The fourth-order valence-corrected chi connectivity index (χ4v) is 2.96. The van der Waals surface area contributed by atoms with Gasteiger partial charge in [0.2, 0.25) is 5.91 Å². The second kappa shape index (κ2) is 4.75. The number of hydrogen-bond donors (Lipinski definition) is 0. The number of benzene rings is 1. The Morgan fingerprint density at radius 1 is 1.28 bits per heavy atom. The Morgan fingerprint density at radius 2 is 1.89 bits per heavy atom. The predicted molar refractivity (Wildman–Crippen MR) is 74.9 cm³/mol. The zero-order chi connectivity index (χ0) is 13.4. The summed E-state index contributed by atoms with van der Waals surface area (Å²) < 4.78 is 0. The third-order valence-electron chi connectivity index (χ3n) is 3.87. The summed E-state index contributed by atoms with van der Waals surface area (Å²) >= 11 is 12.4. The molecule has 0 radical (unpaired) electrons. The van der Waals surface area contributed by atoms with Crippen LogP contribution in [-0.2, 0) is 11.3 Å². The Labute approximate surface area is 118 Å². The minimum absolute atomic E-state index is 0.0313. The lowest BCUT2D eigenvalue weighted by atomic mass is 9.82. The first kappa shape index (κ1) is 13.7. The number of carbonyl (C=O) groups excluding carboxylic acids is 1. The van der Waals surface area contributed by atoms with Crippen molar-refractivity contribution in [3.05, 3.63) is 35.9 Å². The summed E-state index contributed by atoms with van der Waals surface area (Å²) in [5.74, 6) is 0.348. The highest BCUT2D eigenvalue weighted by Crippen LogP contribution is 2.45. The third kappa shape index (κ3) is 2.12. The van der Waals surface area contributed by atoms with Gasteiger partial charge in [-0.15, -0.1) is 23.2 Å². The molecular weight excluding hydrogens is 269 g/mol. The highest BCUT2D eigenvalue weighted by Gasteiger charge is 2.56. The van der Waals surface area contributed by atoms with Crippen molar-refractivity contribution in [1.29, 1.82) is 0 Å². The predicted octanol–water partition coefficient (Wildman–Crippen LogP) is 3.27. The molecule has 1 amide bonds. The first-order chi connectivity index (χ1) is 8.40. The molecule has 1 fully saturated rings. The van der Waals surface area contributed by atoms with E-state index < -0.39 is 4.87 Å². The van der Waals surface area contributed by atoms with E-state index in [0.29, 0.717) is 19.0 Å². The molecule has 0 aliphatic carbocycles. The maximum Gasteiger partial charge on any atom is 0.244 e. The molecule has 98 valence electrons. The number of alkyl halides is 2. The van der Waals surface area contributed by atoms with Gasteiger partial charge in [-0.25, -0.2) is 0 Å². The second-order valence-corrected chi connectivity index (χ2v) is 6.37. The molecule has 0 spiro atoms. The number of hydrogen-bond acceptors (Lipinski definition) is 1. The van der Waals surface area contributed by atoms with E-state index in [1.165, 1.54) is 0 Å². The quantitative estimate of drug-likeness (QED) is 0.781. The van der Waals surface area contributed by atoms with Gasteiger partial charge in [-0.1, -0.05) is 37.3 Å². The molecule has 2 nitrogen and oxygen atoms in total. The van der Waals surface area contributed by atoms with Crippen molar-refractivity contribution in [2.45, 2.75) is 25.3 Å². The average molecular weight is 286 g/mol. The molecule has 2 rings (SSSR count). The van der Waals surface area contributed by atoms with Gasteiger partial charge in [-0.3, -0.25) is 4.79 Å². The highest BCUT2D eigenvalue weighted by atomic mass is 35.5. The van der Waals surface area contributed by atoms with Gasteiger partial charge in [0.25, 0.3) is 0 Å². The largest absolute Gasteiger partial charge is 0.336 e. The van der Waals surface area contributed by atoms with Gasteiger partial charge >= 0.3 is 0 Å². The van der Waals surface area contributed by atoms with Crippen LogP contribution in [0, 0.1) is 5.41 Å². The van der Waals surface area contributed by atoms with E-state index in [-0.39, 0.29) is 11.3 Å². The first-order valence-electron chi connectivity index (χ1n) is 5.99. The minimum Gasteiger partial charge on any atom is -0.336 e. The van der Waals surface area contributed by atoms with E-state index in [0.717, 1.165) is 5.56 Å². The number of nitrogens with zero attached hydrogens (tertiary/aromatic N) is 1. The first-order valence-corrected chi connectivity index (χ1v) is 6.90. The summed E-state index contributed by atoms with van der Waals surface area (Å²) in [6.45, 7) is 4.93. The maximum absolute atomic E-state index is 12.3. The summed E-state index contributed by atoms with van der Waals surface area (Å²) in [6.07, 6.45) is 0. The fraction of sp³-hybridized carbons (Fsp3) is 0.500. The van der Waals surface area contributed by atoms with Crippen molar-refractivity contribution in [3.63, 3.8) is 0 Å². The van der Waals surface area contributed by atoms with Crippen molar-refractivity contribution in [2.24, 2.45) is 5.41 Å². The van der Waals surface area contributed by atoms with Gasteiger partial charge < -0.3 is 4.90 Å². The monoisotopic (exact) mass is 285 g/mol. The SMILES string of the molecule is C[C@]1(CCl)CN(Cc2ccccc2)C(=O)[C@@]1(C)Cl. The summed E-state index contributed by atoms with van der Waals surface area (Å²) in [5.41, 5.74) is 0.722. The molecule has 2 atom stereocenters. The standard InChI is InChI=1S/C14H17Cl2NO/c1-13(9-15)10-17(12(18)14(13,2)16)8-11-6-4-3-5-7-11/h3-7H,8-10H2,1-2H3/t13-,14+/m0/s1. The Hall–Kier alpha value is -0.730. The van der Waals surface area contributed by atoms with E-state index in [9.17, 15) is 4.79 Å². The Kier molecular flexibility index (Phi) is 3.61. The van der Waals surface area contributed by atoms with Gasteiger partial charge in [-0.2, -0.15) is 0 Å². The summed E-state index contributed by atoms with van der Waals surface area (Å²) in [4.78, 5) is 13.2. The van der Waals surface area contributed by atoms with Crippen LogP contribution in [0.3, 0.4) is 0 Å². The molecule has 1 heterocycles. The van der Waals surface area contributed by atoms with Crippen LogP contribution < -0.4 is 0 Å². The van der Waals surface area contributed by atoms with E-state index in [1.807, 2.05) is 37.3 Å². The molecular formula is C14H17Cl2NO. The molecule has 0 unspecified atom stereocenters. The molecule has 18 heavy (non-hydrogen) atoms. The van der Waals surface area contributed by atoms with Crippen LogP contribution in [0.1, 0.15) is 19.4 Å². The van der Waals surface area contributed by atoms with Gasteiger partial charge in [0.1, 0.15) is 4.87 Å². The van der Waals surface area contributed by atoms with Crippen molar-refractivity contribution in [1.82, 2.24) is 4.90 Å². The molecule has 1 aromatic rings. The van der Waals surface area contributed by atoms with E-state index in [1.54, 1.807) is 11.8 Å². The van der Waals surface area contributed by atoms with Crippen molar-refractivity contribution >= 4 is 29.1 Å². The maximum atomic E-state index is 12.3. The summed E-state index contributed by atoms with van der Waals surface area (Å²) in [6, 6.07) is 9.92. The number of amides is 1. The van der Waals surface area contributed by atoms with Crippen LogP contribution in [0.15, 0.2) is 30.3 Å². The van der Waals surface area contributed by atoms with Crippen LogP contribution in [-0.4, -0.2) is 28.1 Å². The topological polar surface area (TPSA) is 20.3 Å². The van der Waals surface area contributed by atoms with Crippen molar-refractivity contribution in [2.75, 3.05) is 12.4 Å². The van der Waals surface area contributed by atoms with Crippen molar-refractivity contribution < 1.29 is 4.79 Å². The molecule has 1 saturated heterocycles. The van der Waals surface area contributed by atoms with Crippen molar-refractivity contribution in [3.8, 4) is 0 Å². The van der Waals surface area contributed by atoms with Gasteiger partial charge in [0.05, 0.1) is 0 Å². The normalized spacial score (nSPS) is 32.0. The molecule has 0 saturated carbocycles.